The first-order chi connectivity index (χ1) is 15.2. The molecule has 31 heavy (non-hydrogen) atoms. The van der Waals surface area contributed by atoms with Crippen LogP contribution in [0.25, 0.3) is 17.2 Å². The standard InChI is InChI=1S/C22H22N6O3/c1-26-8-2-3-17(26)20-25-24-19-5-4-14(11-28(19)20)22(29)27-9-6-18-16(12-27)23-21(31-18)15-7-10-30-13-15/h2-5,8,11,15H,6-7,9-10,12-13H2,1H3. The van der Waals surface area contributed by atoms with Crippen LogP contribution in [0.5, 0.6) is 0 Å². The van der Waals surface area contributed by atoms with Gasteiger partial charge in [-0.3, -0.25) is 9.20 Å². The molecular weight excluding hydrogens is 396 g/mol. The molecule has 6 rings (SSSR count). The highest BCUT2D eigenvalue weighted by atomic mass is 16.5. The second-order valence-electron chi connectivity index (χ2n) is 8.13. The third-order valence-corrected chi connectivity index (χ3v) is 6.13. The maximum atomic E-state index is 13.3. The second-order valence-corrected chi connectivity index (χ2v) is 8.13. The van der Waals surface area contributed by atoms with E-state index in [-0.39, 0.29) is 11.8 Å². The quantitative estimate of drug-likeness (QED) is 0.508. The van der Waals surface area contributed by atoms with Crippen molar-refractivity contribution in [3.8, 4) is 11.5 Å². The van der Waals surface area contributed by atoms with Crippen LogP contribution in [0.1, 0.15) is 40.0 Å². The molecule has 9 heteroatoms. The number of aryl methyl sites for hydroxylation is 1. The predicted molar refractivity (Wildman–Crippen MR) is 111 cm³/mol. The lowest BCUT2D eigenvalue weighted by Crippen LogP contribution is -2.35. The van der Waals surface area contributed by atoms with Crippen LogP contribution in [-0.4, -0.2) is 54.7 Å². The second kappa shape index (κ2) is 7.05. The zero-order valence-electron chi connectivity index (χ0n) is 17.2. The molecule has 4 aromatic rings. The van der Waals surface area contributed by atoms with Gasteiger partial charge in [0.1, 0.15) is 11.5 Å². The molecule has 0 N–H and O–H groups in total. The number of hydrogen-bond acceptors (Lipinski definition) is 6. The van der Waals surface area contributed by atoms with Gasteiger partial charge in [-0.05, 0) is 30.7 Å². The molecule has 0 radical (unpaired) electrons. The van der Waals surface area contributed by atoms with Gasteiger partial charge in [0, 0.05) is 39.0 Å². The Balaban J connectivity index is 1.28. The van der Waals surface area contributed by atoms with Gasteiger partial charge in [-0.2, -0.15) is 0 Å². The number of carbonyl (C=O) groups excluding carboxylic acids is 1. The molecule has 6 heterocycles. The number of carbonyl (C=O) groups is 1. The Morgan fingerprint density at radius 3 is 2.97 bits per heavy atom. The Morgan fingerprint density at radius 1 is 1.23 bits per heavy atom. The van der Waals surface area contributed by atoms with Crippen molar-refractivity contribution < 1.29 is 13.9 Å². The molecule has 158 valence electrons. The van der Waals surface area contributed by atoms with Gasteiger partial charge in [0.15, 0.2) is 17.4 Å². The fraction of sp³-hybridized carbons (Fsp3) is 0.364. The molecule has 1 saturated heterocycles. The number of pyridine rings is 1. The highest BCUT2D eigenvalue weighted by Crippen LogP contribution is 2.29. The number of nitrogens with zero attached hydrogens (tertiary/aromatic N) is 6. The number of fused-ring (bicyclic) bond motifs is 2. The Kier molecular flexibility index (Phi) is 4.17. The third-order valence-electron chi connectivity index (χ3n) is 6.13. The van der Waals surface area contributed by atoms with Crippen LogP contribution in [0.15, 0.2) is 41.1 Å². The lowest BCUT2D eigenvalue weighted by atomic mass is 10.1. The van der Waals surface area contributed by atoms with Crippen molar-refractivity contribution in [1.82, 2.24) is 29.0 Å². The molecule has 9 nitrogen and oxygen atoms in total. The van der Waals surface area contributed by atoms with Crippen LogP contribution in [-0.2, 0) is 24.8 Å². The van der Waals surface area contributed by atoms with Gasteiger partial charge in [-0.15, -0.1) is 10.2 Å². The lowest BCUT2D eigenvalue weighted by Gasteiger charge is -2.25. The highest BCUT2D eigenvalue weighted by Gasteiger charge is 2.30. The Labute approximate surface area is 178 Å². The maximum absolute atomic E-state index is 13.3. The lowest BCUT2D eigenvalue weighted by molar-refractivity contribution is 0.0727. The summed E-state index contributed by atoms with van der Waals surface area (Å²) in [5.74, 6) is 2.54. The first-order valence-electron chi connectivity index (χ1n) is 10.5. The molecule has 0 saturated carbocycles. The number of oxazole rings is 1. The molecule has 1 fully saturated rings. The molecule has 0 aromatic carbocycles. The number of aromatic nitrogens is 5. The summed E-state index contributed by atoms with van der Waals surface area (Å²) in [5.41, 5.74) is 3.09. The Hall–Kier alpha value is -3.46. The predicted octanol–water partition coefficient (Wildman–Crippen LogP) is 2.43. The van der Waals surface area contributed by atoms with Crippen molar-refractivity contribution in [3.05, 3.63) is 59.6 Å². The van der Waals surface area contributed by atoms with E-state index in [0.29, 0.717) is 43.2 Å². The van der Waals surface area contributed by atoms with Gasteiger partial charge in [0.25, 0.3) is 5.91 Å². The van der Waals surface area contributed by atoms with E-state index in [1.165, 1.54) is 0 Å². The van der Waals surface area contributed by atoms with Crippen molar-refractivity contribution in [3.63, 3.8) is 0 Å². The fourth-order valence-electron chi connectivity index (χ4n) is 4.36. The Morgan fingerprint density at radius 2 is 2.16 bits per heavy atom. The molecule has 2 aliphatic rings. The van der Waals surface area contributed by atoms with E-state index >= 15 is 0 Å². The SMILES string of the molecule is Cn1cccc1-c1nnc2ccc(C(=O)N3CCc4oc(C5CCOC5)nc4C3)cn12. The van der Waals surface area contributed by atoms with Gasteiger partial charge in [-0.25, -0.2) is 4.98 Å². The van der Waals surface area contributed by atoms with Crippen molar-refractivity contribution in [1.29, 1.82) is 0 Å². The summed E-state index contributed by atoms with van der Waals surface area (Å²) in [4.78, 5) is 19.8. The molecule has 2 aliphatic heterocycles. The van der Waals surface area contributed by atoms with E-state index in [0.717, 1.165) is 36.1 Å². The minimum absolute atomic E-state index is 0.0344. The first-order valence-corrected chi connectivity index (χ1v) is 10.5. The van der Waals surface area contributed by atoms with Gasteiger partial charge < -0.3 is 18.6 Å². The first kappa shape index (κ1) is 18.3. The highest BCUT2D eigenvalue weighted by molar-refractivity contribution is 5.94. The Bertz CT molecular complexity index is 1280. The molecule has 1 unspecified atom stereocenters. The van der Waals surface area contributed by atoms with Crippen LogP contribution in [0, 0.1) is 0 Å². The average molecular weight is 418 g/mol. The topological polar surface area (TPSA) is 90.7 Å². The molecule has 0 spiro atoms. The van der Waals surface area contributed by atoms with Crippen molar-refractivity contribution in [2.45, 2.75) is 25.3 Å². The van der Waals surface area contributed by atoms with E-state index < -0.39 is 0 Å². The molecule has 1 atom stereocenters. The van der Waals surface area contributed by atoms with Gasteiger partial charge in [-0.1, -0.05) is 0 Å². The van der Waals surface area contributed by atoms with Gasteiger partial charge >= 0.3 is 0 Å². The number of ether oxygens (including phenoxy) is 1. The molecule has 0 bridgehead atoms. The van der Waals surface area contributed by atoms with Crippen molar-refractivity contribution >= 4 is 11.6 Å². The van der Waals surface area contributed by atoms with Gasteiger partial charge in [0.2, 0.25) is 0 Å². The number of hydrogen-bond donors (Lipinski definition) is 0. The third kappa shape index (κ3) is 3.04. The van der Waals surface area contributed by atoms with E-state index in [9.17, 15) is 4.79 Å². The van der Waals surface area contributed by atoms with E-state index in [4.69, 9.17) is 9.15 Å². The zero-order chi connectivity index (χ0) is 20.9. The summed E-state index contributed by atoms with van der Waals surface area (Å²) in [5, 5.41) is 8.56. The minimum atomic E-state index is -0.0344. The van der Waals surface area contributed by atoms with E-state index in [1.807, 2.05) is 51.5 Å². The fourth-order valence-corrected chi connectivity index (χ4v) is 4.36. The van der Waals surface area contributed by atoms with E-state index in [1.54, 1.807) is 6.07 Å². The van der Waals surface area contributed by atoms with Crippen molar-refractivity contribution in [2.24, 2.45) is 7.05 Å². The normalized spacial score (nSPS) is 18.6. The summed E-state index contributed by atoms with van der Waals surface area (Å²) in [7, 11) is 1.96. The summed E-state index contributed by atoms with van der Waals surface area (Å²) in [6, 6.07) is 7.58. The largest absolute Gasteiger partial charge is 0.445 e. The van der Waals surface area contributed by atoms with Crippen LogP contribution in [0.2, 0.25) is 0 Å². The summed E-state index contributed by atoms with van der Waals surface area (Å²) >= 11 is 0. The van der Waals surface area contributed by atoms with Crippen molar-refractivity contribution in [2.75, 3.05) is 19.8 Å². The van der Waals surface area contributed by atoms with E-state index in [2.05, 4.69) is 15.2 Å². The van der Waals surface area contributed by atoms with Crippen LogP contribution in [0.3, 0.4) is 0 Å². The van der Waals surface area contributed by atoms with Gasteiger partial charge in [0.05, 0.1) is 30.3 Å². The molecule has 0 aliphatic carbocycles. The summed E-state index contributed by atoms with van der Waals surface area (Å²) < 4.78 is 15.3. The van der Waals surface area contributed by atoms with Crippen LogP contribution >= 0.6 is 0 Å². The minimum Gasteiger partial charge on any atom is -0.445 e. The monoisotopic (exact) mass is 418 g/mol. The maximum Gasteiger partial charge on any atom is 0.255 e. The summed E-state index contributed by atoms with van der Waals surface area (Å²) in [6.45, 7) is 2.46. The average Bonchev–Trinajstić information content (AvgIpc) is 3.57. The molecule has 4 aromatic heterocycles. The number of rotatable bonds is 3. The van der Waals surface area contributed by atoms with Crippen LogP contribution in [0.4, 0.5) is 0 Å². The zero-order valence-corrected chi connectivity index (χ0v) is 17.2. The van der Waals surface area contributed by atoms with Crippen LogP contribution < -0.4 is 0 Å². The number of amides is 1. The molecular formula is C22H22N6O3. The molecule has 1 amide bonds. The summed E-state index contributed by atoms with van der Waals surface area (Å²) in [6.07, 6.45) is 5.38. The smallest absolute Gasteiger partial charge is 0.255 e.